The predicted molar refractivity (Wildman–Crippen MR) is 200 cm³/mol. The van der Waals surface area contributed by atoms with Crippen LogP contribution >= 0.6 is 7.60 Å². The van der Waals surface area contributed by atoms with E-state index in [0.29, 0.717) is 31.4 Å². The Labute approximate surface area is 311 Å². The number of carbonyl (C=O) groups is 4. The molecule has 0 spiro atoms. The van der Waals surface area contributed by atoms with E-state index >= 15 is 0 Å². The van der Waals surface area contributed by atoms with Gasteiger partial charge in [0.15, 0.2) is 6.23 Å². The fourth-order valence-electron chi connectivity index (χ4n) is 5.45. The van der Waals surface area contributed by atoms with E-state index in [9.17, 15) is 33.5 Å². The summed E-state index contributed by atoms with van der Waals surface area (Å²) in [6, 6.07) is 25.4. The number of hydrogen-bond acceptors (Lipinski definition) is 9. The van der Waals surface area contributed by atoms with Crippen molar-refractivity contribution in [2.24, 2.45) is 5.92 Å². The van der Waals surface area contributed by atoms with Crippen LogP contribution in [0.3, 0.4) is 0 Å². The van der Waals surface area contributed by atoms with E-state index in [2.05, 4.69) is 10.6 Å². The van der Waals surface area contributed by atoms with Gasteiger partial charge in [-0.3, -0.25) is 18.9 Å². The summed E-state index contributed by atoms with van der Waals surface area (Å²) in [7, 11) is -4.74. The highest BCUT2D eigenvalue weighted by atomic mass is 31.2. The van der Waals surface area contributed by atoms with Gasteiger partial charge in [-0.25, -0.2) is 9.69 Å². The first kappa shape index (κ1) is 42.9. The van der Waals surface area contributed by atoms with Crippen molar-refractivity contribution >= 4 is 31.5 Å². The Morgan fingerprint density at radius 1 is 0.755 bits per heavy atom. The molecule has 0 heterocycles. The smallest absolute Gasteiger partial charge is 0.407 e. The molecule has 3 rings (SSSR count). The molecule has 53 heavy (non-hydrogen) atoms. The second-order valence-electron chi connectivity index (χ2n) is 12.9. The van der Waals surface area contributed by atoms with Gasteiger partial charge in [0.2, 0.25) is 5.91 Å². The van der Waals surface area contributed by atoms with Crippen molar-refractivity contribution in [1.29, 1.82) is 0 Å². The Morgan fingerprint density at radius 3 is 2.02 bits per heavy atom. The van der Waals surface area contributed by atoms with Gasteiger partial charge >= 0.3 is 25.6 Å². The molecule has 0 radical (unpaired) electrons. The van der Waals surface area contributed by atoms with Gasteiger partial charge in [0, 0.05) is 25.4 Å². The number of nitrogens with one attached hydrogen (secondary N) is 2. The molecule has 3 aromatic carbocycles. The van der Waals surface area contributed by atoms with Crippen LogP contribution in [-0.4, -0.2) is 76.9 Å². The van der Waals surface area contributed by atoms with E-state index < -0.39 is 56.0 Å². The molecule has 0 aromatic heterocycles. The van der Waals surface area contributed by atoms with Crippen molar-refractivity contribution < 1.29 is 47.7 Å². The first-order chi connectivity index (χ1) is 25.4. The summed E-state index contributed by atoms with van der Waals surface area (Å²) in [5.41, 5.74) is 3.56. The Kier molecular flexibility index (Phi) is 18.2. The third kappa shape index (κ3) is 16.3. The zero-order chi connectivity index (χ0) is 38.6. The third-order valence-electron chi connectivity index (χ3n) is 8.17. The monoisotopic (exact) mass is 753 g/mol. The van der Waals surface area contributed by atoms with E-state index in [-0.39, 0.29) is 39.0 Å². The second-order valence-corrected chi connectivity index (χ2v) is 14.5. The van der Waals surface area contributed by atoms with Crippen molar-refractivity contribution in [2.75, 3.05) is 26.0 Å². The van der Waals surface area contributed by atoms with Crippen LogP contribution in [-0.2, 0) is 46.2 Å². The molecule has 0 saturated carbocycles. The van der Waals surface area contributed by atoms with Gasteiger partial charge in [0.1, 0.15) is 12.9 Å². The highest BCUT2D eigenvalue weighted by Crippen LogP contribution is 2.38. The number of ether oxygens (including phenoxy) is 3. The van der Waals surface area contributed by atoms with Crippen LogP contribution in [0.2, 0.25) is 0 Å². The van der Waals surface area contributed by atoms with Crippen molar-refractivity contribution in [3.05, 3.63) is 96.1 Å². The number of amides is 2. The molecule has 0 aliphatic heterocycles. The van der Waals surface area contributed by atoms with Crippen molar-refractivity contribution in [1.82, 2.24) is 15.5 Å². The lowest BCUT2D eigenvalue weighted by molar-refractivity contribution is -0.168. The SMILES string of the molecule is CCC(=O)OC(C(C)C)N(CP(=O)(O)O)C(Cc1ccc(-c2ccccc2)cc1)C(=O)NCCC(=O)OCCCCCNC(=O)OCc1ccccc1. The van der Waals surface area contributed by atoms with Crippen LogP contribution in [0.4, 0.5) is 4.79 Å². The molecular formula is C39H52N3O10P. The Morgan fingerprint density at radius 2 is 1.40 bits per heavy atom. The molecule has 0 bridgehead atoms. The normalized spacial score (nSPS) is 12.5. The predicted octanol–water partition coefficient (Wildman–Crippen LogP) is 5.78. The molecule has 288 valence electrons. The lowest BCUT2D eigenvalue weighted by Gasteiger charge is -2.38. The Hall–Kier alpha value is -4.55. The fraction of sp³-hybridized carbons (Fsp3) is 0.436. The van der Waals surface area contributed by atoms with E-state index in [4.69, 9.17) is 14.2 Å². The van der Waals surface area contributed by atoms with Gasteiger partial charge in [-0.1, -0.05) is 106 Å². The van der Waals surface area contributed by atoms with Crippen LogP contribution in [0.1, 0.15) is 64.0 Å². The summed E-state index contributed by atoms with van der Waals surface area (Å²) in [6.45, 7) is 5.76. The fourth-order valence-corrected chi connectivity index (χ4v) is 6.24. The van der Waals surface area contributed by atoms with E-state index in [0.717, 1.165) is 16.7 Å². The number of hydrogen-bond donors (Lipinski definition) is 4. The van der Waals surface area contributed by atoms with Crippen molar-refractivity contribution in [2.45, 2.75) is 78.2 Å². The molecule has 2 amide bonds. The topological polar surface area (TPSA) is 181 Å². The van der Waals surface area contributed by atoms with Gasteiger partial charge < -0.3 is 34.6 Å². The molecule has 13 nitrogen and oxygen atoms in total. The average molecular weight is 754 g/mol. The number of rotatable bonds is 22. The summed E-state index contributed by atoms with van der Waals surface area (Å²) in [6.07, 6.45) is -0.562. The molecule has 0 aliphatic carbocycles. The maximum atomic E-state index is 13.8. The quantitative estimate of drug-likeness (QED) is 0.0321. The van der Waals surface area contributed by atoms with Crippen LogP contribution in [0.15, 0.2) is 84.9 Å². The highest BCUT2D eigenvalue weighted by Gasteiger charge is 2.39. The highest BCUT2D eigenvalue weighted by molar-refractivity contribution is 7.51. The number of unbranched alkanes of at least 4 members (excludes halogenated alkanes) is 2. The molecule has 3 aromatic rings. The van der Waals surface area contributed by atoms with Crippen molar-refractivity contribution in [3.8, 4) is 11.1 Å². The lowest BCUT2D eigenvalue weighted by Crippen LogP contribution is -2.55. The Balaban J connectivity index is 1.56. The number of nitrogens with zero attached hydrogens (tertiary/aromatic N) is 1. The molecule has 2 atom stereocenters. The van der Waals surface area contributed by atoms with Gasteiger partial charge in [0.25, 0.3) is 0 Å². The number of benzene rings is 3. The lowest BCUT2D eigenvalue weighted by atomic mass is 9.99. The van der Waals surface area contributed by atoms with Crippen LogP contribution in [0, 0.1) is 5.92 Å². The maximum Gasteiger partial charge on any atom is 0.407 e. The molecular weight excluding hydrogens is 701 g/mol. The van der Waals surface area contributed by atoms with Crippen LogP contribution < -0.4 is 10.6 Å². The van der Waals surface area contributed by atoms with Gasteiger partial charge in [-0.05, 0) is 47.9 Å². The minimum atomic E-state index is -4.74. The first-order valence-corrected chi connectivity index (χ1v) is 19.7. The zero-order valence-corrected chi connectivity index (χ0v) is 31.5. The summed E-state index contributed by atoms with van der Waals surface area (Å²) < 4.78 is 28.5. The summed E-state index contributed by atoms with van der Waals surface area (Å²) in [5.74, 6) is -2.12. The Bertz CT molecular complexity index is 1620. The molecule has 0 fully saturated rings. The van der Waals surface area contributed by atoms with Gasteiger partial charge in [-0.2, -0.15) is 0 Å². The minimum Gasteiger partial charge on any atom is -0.466 e. The second kappa shape index (κ2) is 22.5. The average Bonchev–Trinajstić information content (AvgIpc) is 3.14. The molecule has 0 saturated heterocycles. The maximum absolute atomic E-state index is 13.8. The number of esters is 2. The van der Waals surface area contributed by atoms with E-state index in [1.54, 1.807) is 20.8 Å². The van der Waals surface area contributed by atoms with Gasteiger partial charge in [-0.15, -0.1) is 0 Å². The zero-order valence-electron chi connectivity index (χ0n) is 30.6. The van der Waals surface area contributed by atoms with Crippen LogP contribution in [0.25, 0.3) is 11.1 Å². The molecule has 14 heteroatoms. The molecule has 0 aliphatic rings. The first-order valence-electron chi connectivity index (χ1n) is 17.9. The third-order valence-corrected chi connectivity index (χ3v) is 8.87. The summed E-state index contributed by atoms with van der Waals surface area (Å²) in [4.78, 5) is 71.9. The number of carbonyl (C=O) groups excluding carboxylic acids is 4. The van der Waals surface area contributed by atoms with E-state index in [1.807, 2.05) is 84.9 Å². The van der Waals surface area contributed by atoms with Crippen LogP contribution in [0.5, 0.6) is 0 Å². The van der Waals surface area contributed by atoms with E-state index in [1.165, 1.54) is 4.90 Å². The largest absolute Gasteiger partial charge is 0.466 e. The summed E-state index contributed by atoms with van der Waals surface area (Å²) in [5, 5.41) is 5.41. The molecule has 2 unspecified atom stereocenters. The standard InChI is InChI=1S/C39H52N3O10P/c1-4-35(43)52-38(29(2)3)42(28-53(47,48)49)34(26-30-18-20-33(21-19-30)32-16-10-6-11-17-32)37(45)40-24-22-36(44)50-25-13-7-12-23-41-39(46)51-27-31-14-8-5-9-15-31/h5-6,8-11,14-21,29,34,38H,4,7,12-13,22-28H2,1-3H3,(H,40,45)(H,41,46)(H2,47,48,49). The molecule has 4 N–H and O–H groups in total. The number of alkyl carbamates (subject to hydrolysis) is 1. The van der Waals surface area contributed by atoms with Crippen molar-refractivity contribution in [3.63, 3.8) is 0 Å². The summed E-state index contributed by atoms with van der Waals surface area (Å²) >= 11 is 0. The van der Waals surface area contributed by atoms with Gasteiger partial charge in [0.05, 0.1) is 19.1 Å². The minimum absolute atomic E-state index is 0.0353.